The first-order chi connectivity index (χ1) is 9.78. The molecule has 1 aliphatic rings. The molecule has 0 spiro atoms. The average Bonchev–Trinajstić information content (AvgIpc) is 2.46. The summed E-state index contributed by atoms with van der Waals surface area (Å²) in [6, 6.07) is 9.46. The van der Waals surface area contributed by atoms with Crippen LogP contribution in [0.4, 0.5) is 0 Å². The zero-order valence-corrected chi connectivity index (χ0v) is 11.3. The summed E-state index contributed by atoms with van der Waals surface area (Å²) in [5.74, 6) is 1.69. The van der Waals surface area contributed by atoms with Crippen LogP contribution in [-0.2, 0) is 6.54 Å². The molecule has 20 heavy (non-hydrogen) atoms. The number of rotatable bonds is 3. The highest BCUT2D eigenvalue weighted by Gasteiger charge is 2.24. The van der Waals surface area contributed by atoms with Crippen molar-refractivity contribution in [3.63, 3.8) is 0 Å². The minimum Gasteiger partial charge on any atom is -0.493 e. The third kappa shape index (κ3) is 2.44. The Labute approximate surface area is 117 Å². The smallest absolute Gasteiger partial charge is 0.251 e. The van der Waals surface area contributed by atoms with Crippen LogP contribution in [0.3, 0.4) is 0 Å². The molecule has 1 atom stereocenters. The van der Waals surface area contributed by atoms with Crippen molar-refractivity contribution < 1.29 is 4.74 Å². The summed E-state index contributed by atoms with van der Waals surface area (Å²) in [5.41, 5.74) is 1.74. The van der Waals surface area contributed by atoms with Crippen molar-refractivity contribution in [3.05, 3.63) is 57.8 Å². The molecule has 0 amide bonds. The number of ether oxygens (including phenoxy) is 1. The van der Waals surface area contributed by atoms with Crippen LogP contribution in [0.25, 0.3) is 0 Å². The van der Waals surface area contributed by atoms with E-state index in [4.69, 9.17) is 4.74 Å². The Balaban J connectivity index is 2.04. The van der Waals surface area contributed by atoms with Gasteiger partial charge in [-0.2, -0.15) is 0 Å². The van der Waals surface area contributed by atoms with E-state index in [9.17, 15) is 4.79 Å². The number of aromatic amines is 1. The molecule has 1 aromatic carbocycles. The van der Waals surface area contributed by atoms with Crippen molar-refractivity contribution in [2.24, 2.45) is 0 Å². The zero-order valence-electron chi connectivity index (χ0n) is 11.3. The van der Waals surface area contributed by atoms with E-state index < -0.39 is 0 Å². The summed E-state index contributed by atoms with van der Waals surface area (Å²) < 4.78 is 5.65. The van der Waals surface area contributed by atoms with Gasteiger partial charge in [-0.25, -0.2) is 4.98 Å². The molecule has 1 aromatic heterocycles. The number of hydrogen-bond donors (Lipinski definition) is 2. The molecular weight excluding hydrogens is 254 g/mol. The molecule has 2 heterocycles. The van der Waals surface area contributed by atoms with Gasteiger partial charge in [0.1, 0.15) is 11.6 Å². The van der Waals surface area contributed by atoms with Gasteiger partial charge in [0.15, 0.2) is 0 Å². The van der Waals surface area contributed by atoms with Gasteiger partial charge in [0.2, 0.25) is 0 Å². The zero-order chi connectivity index (χ0) is 13.9. The summed E-state index contributed by atoms with van der Waals surface area (Å²) in [6.07, 6.45) is 0.822. The second-order valence-electron chi connectivity index (χ2n) is 4.88. The van der Waals surface area contributed by atoms with Crippen LogP contribution in [0.1, 0.15) is 29.4 Å². The van der Waals surface area contributed by atoms with E-state index in [0.29, 0.717) is 13.2 Å². The predicted octanol–water partition coefficient (Wildman–Crippen LogP) is 1.40. The van der Waals surface area contributed by atoms with E-state index >= 15 is 0 Å². The van der Waals surface area contributed by atoms with Gasteiger partial charge in [0, 0.05) is 24.1 Å². The molecule has 0 saturated heterocycles. The molecule has 2 aromatic rings. The van der Waals surface area contributed by atoms with Gasteiger partial charge < -0.3 is 15.0 Å². The highest BCUT2D eigenvalue weighted by molar-refractivity contribution is 5.40. The van der Waals surface area contributed by atoms with Crippen molar-refractivity contribution in [2.45, 2.75) is 18.9 Å². The SMILES string of the molecule is CNCc1cc(=O)[nH]c(C2CCOc3ccccc32)n1. The summed E-state index contributed by atoms with van der Waals surface area (Å²) >= 11 is 0. The normalized spacial score (nSPS) is 17.4. The molecule has 104 valence electrons. The Hall–Kier alpha value is -2.14. The standard InChI is InChI=1S/C15H17N3O2/c1-16-9-10-8-14(19)18-15(17-10)12-6-7-20-13-5-3-2-4-11(12)13/h2-5,8,12,16H,6-7,9H2,1H3,(H,17,18,19). The number of hydrogen-bond acceptors (Lipinski definition) is 4. The molecule has 1 unspecified atom stereocenters. The number of H-pyrrole nitrogens is 1. The van der Waals surface area contributed by atoms with Crippen LogP contribution in [0.5, 0.6) is 5.75 Å². The topological polar surface area (TPSA) is 67.0 Å². The minimum absolute atomic E-state index is 0.0875. The Bertz CT molecular complexity index is 666. The predicted molar refractivity (Wildman–Crippen MR) is 76.0 cm³/mol. The van der Waals surface area contributed by atoms with Gasteiger partial charge >= 0.3 is 0 Å². The Kier molecular flexibility index (Phi) is 3.52. The van der Waals surface area contributed by atoms with Gasteiger partial charge in [-0.15, -0.1) is 0 Å². The largest absolute Gasteiger partial charge is 0.493 e. The number of nitrogens with zero attached hydrogens (tertiary/aromatic N) is 1. The lowest BCUT2D eigenvalue weighted by molar-refractivity contribution is 0.274. The third-order valence-corrected chi connectivity index (χ3v) is 3.46. The lowest BCUT2D eigenvalue weighted by Crippen LogP contribution is -2.22. The van der Waals surface area contributed by atoms with Crippen molar-refractivity contribution in [2.75, 3.05) is 13.7 Å². The molecule has 2 N–H and O–H groups in total. The van der Waals surface area contributed by atoms with Crippen LogP contribution < -0.4 is 15.6 Å². The number of para-hydroxylation sites is 1. The maximum Gasteiger partial charge on any atom is 0.251 e. The van der Waals surface area contributed by atoms with E-state index in [0.717, 1.165) is 29.3 Å². The Morgan fingerprint density at radius 1 is 1.45 bits per heavy atom. The fourth-order valence-electron chi connectivity index (χ4n) is 2.59. The van der Waals surface area contributed by atoms with Gasteiger partial charge in [-0.05, 0) is 19.5 Å². The first kappa shape index (κ1) is 12.9. The number of benzene rings is 1. The van der Waals surface area contributed by atoms with Crippen molar-refractivity contribution in [3.8, 4) is 5.75 Å². The molecule has 3 rings (SSSR count). The Morgan fingerprint density at radius 3 is 3.15 bits per heavy atom. The Morgan fingerprint density at radius 2 is 2.30 bits per heavy atom. The minimum atomic E-state index is -0.107. The number of aromatic nitrogens is 2. The van der Waals surface area contributed by atoms with E-state index in [2.05, 4.69) is 15.3 Å². The highest BCUT2D eigenvalue weighted by Crippen LogP contribution is 2.36. The number of nitrogens with one attached hydrogen (secondary N) is 2. The summed E-state index contributed by atoms with van der Waals surface area (Å²) in [7, 11) is 1.84. The maximum atomic E-state index is 11.8. The number of fused-ring (bicyclic) bond motifs is 1. The summed E-state index contributed by atoms with van der Waals surface area (Å²) in [5, 5.41) is 3.02. The molecule has 0 bridgehead atoms. The molecular formula is C15H17N3O2. The van der Waals surface area contributed by atoms with Crippen LogP contribution >= 0.6 is 0 Å². The lowest BCUT2D eigenvalue weighted by atomic mass is 9.92. The molecule has 0 aliphatic carbocycles. The molecule has 0 fully saturated rings. The quantitative estimate of drug-likeness (QED) is 0.885. The van der Waals surface area contributed by atoms with Gasteiger partial charge in [0.25, 0.3) is 5.56 Å². The molecule has 0 saturated carbocycles. The lowest BCUT2D eigenvalue weighted by Gasteiger charge is -2.25. The monoisotopic (exact) mass is 271 g/mol. The van der Waals surface area contributed by atoms with Gasteiger partial charge in [0.05, 0.1) is 12.3 Å². The molecule has 0 radical (unpaired) electrons. The van der Waals surface area contributed by atoms with Crippen LogP contribution in [0.15, 0.2) is 35.1 Å². The van der Waals surface area contributed by atoms with Crippen molar-refractivity contribution >= 4 is 0 Å². The van der Waals surface area contributed by atoms with Crippen LogP contribution in [0.2, 0.25) is 0 Å². The van der Waals surface area contributed by atoms with E-state index in [-0.39, 0.29) is 11.5 Å². The first-order valence-corrected chi connectivity index (χ1v) is 6.74. The second kappa shape index (κ2) is 5.46. The molecule has 5 heteroatoms. The maximum absolute atomic E-state index is 11.8. The van der Waals surface area contributed by atoms with Crippen molar-refractivity contribution in [1.82, 2.24) is 15.3 Å². The highest BCUT2D eigenvalue weighted by atomic mass is 16.5. The molecule has 1 aliphatic heterocycles. The van der Waals surface area contributed by atoms with Crippen molar-refractivity contribution in [1.29, 1.82) is 0 Å². The average molecular weight is 271 g/mol. The van der Waals surface area contributed by atoms with E-state index in [1.165, 1.54) is 6.07 Å². The van der Waals surface area contributed by atoms with Crippen LogP contribution in [-0.4, -0.2) is 23.6 Å². The first-order valence-electron chi connectivity index (χ1n) is 6.74. The summed E-state index contributed by atoms with van der Waals surface area (Å²) in [4.78, 5) is 19.2. The van der Waals surface area contributed by atoms with Gasteiger partial charge in [-0.1, -0.05) is 18.2 Å². The second-order valence-corrected chi connectivity index (χ2v) is 4.88. The van der Waals surface area contributed by atoms with Crippen LogP contribution in [0, 0.1) is 0 Å². The summed E-state index contributed by atoms with van der Waals surface area (Å²) in [6.45, 7) is 1.23. The van der Waals surface area contributed by atoms with Gasteiger partial charge in [-0.3, -0.25) is 4.79 Å². The van der Waals surface area contributed by atoms with E-state index in [1.54, 1.807) is 0 Å². The van der Waals surface area contributed by atoms with E-state index in [1.807, 2.05) is 31.3 Å². The fraction of sp³-hybridized carbons (Fsp3) is 0.333. The fourth-order valence-corrected chi connectivity index (χ4v) is 2.59. The third-order valence-electron chi connectivity index (χ3n) is 3.46. The molecule has 5 nitrogen and oxygen atoms in total.